The summed E-state index contributed by atoms with van der Waals surface area (Å²) in [6.07, 6.45) is 1.16. The highest BCUT2D eigenvalue weighted by atomic mass is 16.2. The maximum atomic E-state index is 12.1. The predicted molar refractivity (Wildman–Crippen MR) is 63.6 cm³/mol. The van der Waals surface area contributed by atoms with Gasteiger partial charge in [0.1, 0.15) is 0 Å². The van der Waals surface area contributed by atoms with Crippen LogP contribution in [0, 0.1) is 16.7 Å². The molecule has 1 amide bonds. The largest absolute Gasteiger partial charge is 0.342 e. The van der Waals surface area contributed by atoms with Crippen molar-refractivity contribution in [3.63, 3.8) is 0 Å². The number of hydrogen-bond donors (Lipinski definition) is 0. The highest BCUT2D eigenvalue weighted by Gasteiger charge is 2.36. The SMILES string of the molecule is CC(C)(C)C(=O)N1CC[C@H](C(C)(C)C)C1. The Balaban J connectivity index is 2.62. The van der Waals surface area contributed by atoms with E-state index in [1.54, 1.807) is 0 Å². The fourth-order valence-electron chi connectivity index (χ4n) is 2.13. The summed E-state index contributed by atoms with van der Waals surface area (Å²) in [5, 5.41) is 0. The van der Waals surface area contributed by atoms with Crippen LogP contribution in [0.1, 0.15) is 48.0 Å². The summed E-state index contributed by atoms with van der Waals surface area (Å²) in [5.74, 6) is 0.957. The third-order valence-electron chi connectivity index (χ3n) is 3.34. The molecule has 88 valence electrons. The van der Waals surface area contributed by atoms with E-state index in [1.165, 1.54) is 0 Å². The molecule has 0 N–H and O–H groups in total. The van der Waals surface area contributed by atoms with Gasteiger partial charge in [0.15, 0.2) is 0 Å². The van der Waals surface area contributed by atoms with E-state index in [0.717, 1.165) is 19.5 Å². The van der Waals surface area contributed by atoms with E-state index in [1.807, 2.05) is 25.7 Å². The average Bonchev–Trinajstić information content (AvgIpc) is 2.47. The molecule has 0 aromatic carbocycles. The summed E-state index contributed by atoms with van der Waals surface area (Å²) >= 11 is 0. The van der Waals surface area contributed by atoms with Crippen molar-refractivity contribution in [1.82, 2.24) is 4.90 Å². The first kappa shape index (κ1) is 12.5. The smallest absolute Gasteiger partial charge is 0.227 e. The summed E-state index contributed by atoms with van der Waals surface area (Å²) in [6, 6.07) is 0. The Labute approximate surface area is 94.0 Å². The lowest BCUT2D eigenvalue weighted by atomic mass is 9.80. The van der Waals surface area contributed by atoms with E-state index in [2.05, 4.69) is 20.8 Å². The van der Waals surface area contributed by atoms with Crippen molar-refractivity contribution in [2.24, 2.45) is 16.7 Å². The topological polar surface area (TPSA) is 20.3 Å². The summed E-state index contributed by atoms with van der Waals surface area (Å²) in [5.41, 5.74) is 0.0969. The quantitative estimate of drug-likeness (QED) is 0.603. The van der Waals surface area contributed by atoms with E-state index < -0.39 is 0 Å². The van der Waals surface area contributed by atoms with Gasteiger partial charge in [-0.05, 0) is 17.8 Å². The van der Waals surface area contributed by atoms with Crippen LogP contribution in [0.5, 0.6) is 0 Å². The first-order valence-electron chi connectivity index (χ1n) is 5.92. The van der Waals surface area contributed by atoms with Crippen molar-refractivity contribution >= 4 is 5.91 Å². The molecule has 2 heteroatoms. The van der Waals surface area contributed by atoms with Crippen LogP contribution >= 0.6 is 0 Å². The molecule has 0 bridgehead atoms. The van der Waals surface area contributed by atoms with E-state index in [0.29, 0.717) is 17.2 Å². The Kier molecular flexibility index (Phi) is 3.18. The van der Waals surface area contributed by atoms with Gasteiger partial charge in [0.25, 0.3) is 0 Å². The highest BCUT2D eigenvalue weighted by Crippen LogP contribution is 2.35. The third-order valence-corrected chi connectivity index (χ3v) is 3.34. The monoisotopic (exact) mass is 211 g/mol. The molecule has 0 aromatic rings. The van der Waals surface area contributed by atoms with Gasteiger partial charge in [-0.15, -0.1) is 0 Å². The Bertz CT molecular complexity index is 244. The Morgan fingerprint density at radius 2 is 1.67 bits per heavy atom. The van der Waals surface area contributed by atoms with Crippen LogP contribution < -0.4 is 0 Å². The van der Waals surface area contributed by atoms with E-state index in [-0.39, 0.29) is 5.41 Å². The molecule has 1 fully saturated rings. The van der Waals surface area contributed by atoms with Crippen LogP contribution in [0.4, 0.5) is 0 Å². The van der Waals surface area contributed by atoms with E-state index in [9.17, 15) is 4.79 Å². The van der Waals surface area contributed by atoms with E-state index in [4.69, 9.17) is 0 Å². The number of rotatable bonds is 0. The van der Waals surface area contributed by atoms with Crippen LogP contribution in [0.2, 0.25) is 0 Å². The van der Waals surface area contributed by atoms with Gasteiger partial charge in [-0.25, -0.2) is 0 Å². The normalized spacial score (nSPS) is 23.3. The molecular formula is C13H25NO. The summed E-state index contributed by atoms with van der Waals surface area (Å²) in [4.78, 5) is 14.1. The summed E-state index contributed by atoms with van der Waals surface area (Å²) < 4.78 is 0. The molecule has 0 saturated carbocycles. The summed E-state index contributed by atoms with van der Waals surface area (Å²) in [7, 11) is 0. The highest BCUT2D eigenvalue weighted by molar-refractivity contribution is 5.81. The van der Waals surface area contributed by atoms with Gasteiger partial charge in [0.2, 0.25) is 5.91 Å². The van der Waals surface area contributed by atoms with Crippen LogP contribution in [-0.2, 0) is 4.79 Å². The van der Waals surface area contributed by atoms with Crippen LogP contribution in [-0.4, -0.2) is 23.9 Å². The van der Waals surface area contributed by atoms with Crippen molar-refractivity contribution in [3.05, 3.63) is 0 Å². The second-order valence-corrected chi connectivity index (χ2v) is 6.85. The predicted octanol–water partition coefficient (Wildman–Crippen LogP) is 2.93. The molecule has 1 heterocycles. The molecule has 1 saturated heterocycles. The van der Waals surface area contributed by atoms with Gasteiger partial charge < -0.3 is 4.90 Å². The van der Waals surface area contributed by atoms with Gasteiger partial charge in [0.05, 0.1) is 0 Å². The van der Waals surface area contributed by atoms with Crippen LogP contribution in [0.25, 0.3) is 0 Å². The molecule has 0 unspecified atom stereocenters. The summed E-state index contributed by atoms with van der Waals surface area (Å²) in [6.45, 7) is 14.7. The molecule has 1 aliphatic rings. The zero-order valence-corrected chi connectivity index (χ0v) is 11.1. The minimum atomic E-state index is -0.229. The fraction of sp³-hybridized carbons (Fsp3) is 0.923. The van der Waals surface area contributed by atoms with Gasteiger partial charge in [-0.2, -0.15) is 0 Å². The van der Waals surface area contributed by atoms with Crippen LogP contribution in [0.3, 0.4) is 0 Å². The van der Waals surface area contributed by atoms with Gasteiger partial charge in [-0.3, -0.25) is 4.79 Å². The second kappa shape index (κ2) is 3.80. The fourth-order valence-corrected chi connectivity index (χ4v) is 2.13. The van der Waals surface area contributed by atoms with Gasteiger partial charge in [-0.1, -0.05) is 41.5 Å². The standard InChI is InChI=1S/C13H25NO/c1-12(2,3)10-7-8-14(9-10)11(15)13(4,5)6/h10H,7-9H2,1-6H3/t10-/m0/s1. The van der Waals surface area contributed by atoms with Crippen molar-refractivity contribution in [2.45, 2.75) is 48.0 Å². The maximum Gasteiger partial charge on any atom is 0.227 e. The lowest BCUT2D eigenvalue weighted by Crippen LogP contribution is -2.38. The molecule has 1 aliphatic heterocycles. The van der Waals surface area contributed by atoms with Gasteiger partial charge >= 0.3 is 0 Å². The number of likely N-dealkylation sites (tertiary alicyclic amines) is 1. The minimum Gasteiger partial charge on any atom is -0.342 e. The Morgan fingerprint density at radius 3 is 2.00 bits per heavy atom. The Hall–Kier alpha value is -0.530. The van der Waals surface area contributed by atoms with Crippen molar-refractivity contribution in [3.8, 4) is 0 Å². The molecule has 0 radical (unpaired) electrons. The lowest BCUT2D eigenvalue weighted by Gasteiger charge is -2.29. The maximum absolute atomic E-state index is 12.1. The molecule has 1 atom stereocenters. The van der Waals surface area contributed by atoms with E-state index >= 15 is 0 Å². The van der Waals surface area contributed by atoms with Crippen LogP contribution in [0.15, 0.2) is 0 Å². The Morgan fingerprint density at radius 1 is 1.13 bits per heavy atom. The zero-order chi connectivity index (χ0) is 11.9. The molecule has 0 spiro atoms. The number of amides is 1. The second-order valence-electron chi connectivity index (χ2n) is 6.85. The number of hydrogen-bond acceptors (Lipinski definition) is 1. The molecule has 1 rings (SSSR count). The van der Waals surface area contributed by atoms with Crippen molar-refractivity contribution in [2.75, 3.05) is 13.1 Å². The average molecular weight is 211 g/mol. The lowest BCUT2D eigenvalue weighted by molar-refractivity contribution is -0.138. The van der Waals surface area contributed by atoms with Crippen molar-refractivity contribution < 1.29 is 4.79 Å². The first-order valence-corrected chi connectivity index (χ1v) is 5.92. The first-order chi connectivity index (χ1) is 6.62. The zero-order valence-electron chi connectivity index (χ0n) is 11.1. The minimum absolute atomic E-state index is 0.229. The molecule has 15 heavy (non-hydrogen) atoms. The molecule has 2 nitrogen and oxygen atoms in total. The number of carbonyl (C=O) groups is 1. The molecule has 0 aromatic heterocycles. The molecular weight excluding hydrogens is 186 g/mol. The number of nitrogens with zero attached hydrogens (tertiary/aromatic N) is 1. The molecule has 0 aliphatic carbocycles. The van der Waals surface area contributed by atoms with Crippen molar-refractivity contribution in [1.29, 1.82) is 0 Å². The van der Waals surface area contributed by atoms with Gasteiger partial charge in [0, 0.05) is 18.5 Å². The third kappa shape index (κ3) is 2.96. The number of carbonyl (C=O) groups excluding carboxylic acids is 1.